The third-order valence-electron chi connectivity index (χ3n) is 11.6. The zero-order valence-corrected chi connectivity index (χ0v) is 34.2. The first-order valence-electron chi connectivity index (χ1n) is 21.0. The largest absolute Gasteiger partial charge is 0.508 e. The number of carbonyl (C=O) groups excluding carboxylic acids is 3. The number of aliphatic hydroxyl groups is 1. The molecular weight excluding hydrogens is 728 g/mol. The van der Waals surface area contributed by atoms with Crippen molar-refractivity contribution in [3.63, 3.8) is 0 Å². The summed E-state index contributed by atoms with van der Waals surface area (Å²) in [5.41, 5.74) is 0.572. The maximum Gasteiger partial charge on any atom is 0.327 e. The SMILES string of the molecule is CCCCCC1(CCCCC)O[C@@H]2[C@H](O1)[C@H]1ON(Cc3ccc(C=CCc4ccccc4O)cc3)[C@H]3C(=O)O[C@@H]2C[C@@]13C(=O)N[C@H](CO)CCC(=O)OC(C)(C)C. The number of hydrogen-bond acceptors (Lipinski definition) is 11. The minimum absolute atomic E-state index is 0.00444. The lowest BCUT2D eigenvalue weighted by atomic mass is 9.62. The third kappa shape index (κ3) is 9.74. The molecule has 12 heteroatoms. The fourth-order valence-corrected chi connectivity index (χ4v) is 8.83. The topological polar surface area (TPSA) is 153 Å². The number of carbonyl (C=O) groups is 3. The summed E-state index contributed by atoms with van der Waals surface area (Å²) in [5, 5.41) is 25.1. The predicted molar refractivity (Wildman–Crippen MR) is 213 cm³/mol. The van der Waals surface area contributed by atoms with Crippen molar-refractivity contribution in [1.29, 1.82) is 0 Å². The van der Waals surface area contributed by atoms with Crippen LogP contribution >= 0.6 is 0 Å². The first-order valence-corrected chi connectivity index (χ1v) is 21.0. The normalized spacial score (nSPS) is 26.9. The second kappa shape index (κ2) is 18.4. The van der Waals surface area contributed by atoms with Crippen LogP contribution in [-0.2, 0) is 51.1 Å². The highest BCUT2D eigenvalue weighted by Crippen LogP contribution is 2.58. The molecule has 1 saturated carbocycles. The molecule has 3 saturated heterocycles. The maximum atomic E-state index is 14.8. The second-order valence-electron chi connectivity index (χ2n) is 17.2. The first-order chi connectivity index (χ1) is 27.3. The molecule has 1 aliphatic carbocycles. The number of allylic oxidation sites excluding steroid dienone is 1. The molecule has 0 unspecified atom stereocenters. The Morgan fingerprint density at radius 1 is 1.00 bits per heavy atom. The molecular formula is C45H62N2O10. The lowest BCUT2D eigenvalue weighted by molar-refractivity contribution is -0.224. The highest BCUT2D eigenvalue weighted by atomic mass is 16.8. The number of unbranched alkanes of at least 4 members (excludes halogenated alkanes) is 4. The van der Waals surface area contributed by atoms with Crippen molar-refractivity contribution in [2.75, 3.05) is 6.61 Å². The van der Waals surface area contributed by atoms with Gasteiger partial charge in [0.15, 0.2) is 11.8 Å². The fraction of sp³-hybridized carbons (Fsp3) is 0.622. The second-order valence-corrected chi connectivity index (χ2v) is 17.2. The van der Waals surface area contributed by atoms with Gasteiger partial charge in [0.05, 0.1) is 19.2 Å². The summed E-state index contributed by atoms with van der Waals surface area (Å²) in [6, 6.07) is 13.2. The van der Waals surface area contributed by atoms with Crippen molar-refractivity contribution < 1.29 is 48.4 Å². The molecule has 1 amide bonds. The number of para-hydroxylation sites is 1. The van der Waals surface area contributed by atoms with Crippen molar-refractivity contribution in [1.82, 2.24) is 10.4 Å². The number of amides is 1. The predicted octanol–water partition coefficient (Wildman–Crippen LogP) is 6.69. The summed E-state index contributed by atoms with van der Waals surface area (Å²) in [7, 11) is 0. The molecule has 3 N–H and O–H groups in total. The standard InChI is InChI=1S/C45H62N2O10/c1-6-8-12-25-44(26-13-9-7-2)55-37-35-27-45(42(52)46-33(29-48)23-24-36(50)54-43(3,4)5)39(41(51)53-35)47(57-40(45)38(37)56-44)28-31-21-19-30(20-22-31)15-14-17-32-16-10-11-18-34(32)49/h10-11,14-16,18-22,33,35,37-40,48-49H,6-9,12-13,17,23-29H2,1-5H3,(H,46,52)/t33-,35+,37-,38-,39-,40+,45-/m0/s1. The molecule has 4 aliphatic rings. The van der Waals surface area contributed by atoms with E-state index < -0.39 is 77.8 Å². The Morgan fingerprint density at radius 2 is 1.68 bits per heavy atom. The van der Waals surface area contributed by atoms with Gasteiger partial charge < -0.3 is 34.5 Å². The van der Waals surface area contributed by atoms with Crippen molar-refractivity contribution in [3.8, 4) is 5.75 Å². The number of phenols is 1. The minimum atomic E-state index is -1.42. The third-order valence-corrected chi connectivity index (χ3v) is 11.6. The van der Waals surface area contributed by atoms with E-state index >= 15 is 0 Å². The first kappa shape index (κ1) is 42.8. The van der Waals surface area contributed by atoms with Crippen LogP contribution in [0.1, 0.15) is 122 Å². The van der Waals surface area contributed by atoms with Crippen LogP contribution in [0.25, 0.3) is 6.08 Å². The molecule has 0 spiro atoms. The van der Waals surface area contributed by atoms with Gasteiger partial charge in [0.25, 0.3) is 0 Å². The maximum absolute atomic E-state index is 14.8. The van der Waals surface area contributed by atoms with Crippen LogP contribution in [0.5, 0.6) is 5.75 Å². The molecule has 12 nitrogen and oxygen atoms in total. The number of hydrogen-bond donors (Lipinski definition) is 3. The van der Waals surface area contributed by atoms with E-state index in [-0.39, 0.29) is 31.6 Å². The number of nitrogens with one attached hydrogen (secondary N) is 1. The molecule has 2 aromatic carbocycles. The summed E-state index contributed by atoms with van der Waals surface area (Å²) in [5.74, 6) is -2.09. The van der Waals surface area contributed by atoms with Crippen molar-refractivity contribution in [3.05, 3.63) is 71.3 Å². The van der Waals surface area contributed by atoms with E-state index in [0.717, 1.165) is 55.2 Å². The van der Waals surface area contributed by atoms with E-state index in [9.17, 15) is 24.6 Å². The number of ether oxygens (including phenoxy) is 4. The van der Waals surface area contributed by atoms with Crippen LogP contribution in [0.4, 0.5) is 0 Å². The summed E-state index contributed by atoms with van der Waals surface area (Å²) in [6.07, 6.45) is 9.26. The number of fused-ring (bicyclic) bond motifs is 4. The van der Waals surface area contributed by atoms with Gasteiger partial charge in [-0.1, -0.05) is 94.1 Å². The van der Waals surface area contributed by atoms with Crippen molar-refractivity contribution in [2.45, 2.75) is 166 Å². The molecule has 4 fully saturated rings. The highest BCUT2D eigenvalue weighted by Gasteiger charge is 2.76. The van der Waals surface area contributed by atoms with Crippen LogP contribution in [0, 0.1) is 5.41 Å². The average molecular weight is 791 g/mol. The van der Waals surface area contributed by atoms with Gasteiger partial charge in [0, 0.05) is 25.7 Å². The van der Waals surface area contributed by atoms with Gasteiger partial charge in [-0.05, 0) is 69.2 Å². The monoisotopic (exact) mass is 790 g/mol. The zero-order valence-electron chi connectivity index (χ0n) is 34.2. The van der Waals surface area contributed by atoms with Gasteiger partial charge in [-0.25, -0.2) is 0 Å². The summed E-state index contributed by atoms with van der Waals surface area (Å²) in [4.78, 5) is 48.4. The molecule has 0 aromatic heterocycles. The average Bonchev–Trinajstić information content (AvgIpc) is 3.72. The summed E-state index contributed by atoms with van der Waals surface area (Å²) in [6.45, 7) is 9.45. The Labute approximate surface area is 337 Å². The number of aromatic hydroxyl groups is 1. The Morgan fingerprint density at radius 3 is 2.33 bits per heavy atom. The number of aliphatic hydroxyl groups excluding tert-OH is 1. The van der Waals surface area contributed by atoms with E-state index in [4.69, 9.17) is 23.8 Å². The Hall–Kier alpha value is -3.81. The van der Waals surface area contributed by atoms with E-state index in [0.29, 0.717) is 19.3 Å². The lowest BCUT2D eigenvalue weighted by Gasteiger charge is -2.49. The van der Waals surface area contributed by atoms with Crippen LogP contribution in [-0.4, -0.2) is 87.6 Å². The van der Waals surface area contributed by atoms with Crippen LogP contribution in [0.3, 0.4) is 0 Å². The van der Waals surface area contributed by atoms with E-state index in [1.165, 1.54) is 0 Å². The Balaban J connectivity index is 1.26. The van der Waals surface area contributed by atoms with Gasteiger partial charge in [-0.3, -0.25) is 19.2 Å². The summed E-state index contributed by atoms with van der Waals surface area (Å²) >= 11 is 0. The fourth-order valence-electron chi connectivity index (χ4n) is 8.83. The molecule has 57 heavy (non-hydrogen) atoms. The molecule has 312 valence electrons. The molecule has 6 rings (SSSR count). The number of hydroxylamine groups is 2. The number of benzene rings is 2. The molecule has 3 heterocycles. The van der Waals surface area contributed by atoms with Crippen molar-refractivity contribution in [2.24, 2.45) is 5.41 Å². The number of esters is 2. The van der Waals surface area contributed by atoms with Gasteiger partial charge >= 0.3 is 11.9 Å². The van der Waals surface area contributed by atoms with E-state index in [2.05, 4.69) is 19.2 Å². The van der Waals surface area contributed by atoms with Gasteiger partial charge in [0.1, 0.15) is 41.2 Å². The van der Waals surface area contributed by atoms with Gasteiger partial charge in [0.2, 0.25) is 5.91 Å². The smallest absolute Gasteiger partial charge is 0.327 e. The van der Waals surface area contributed by atoms with Crippen LogP contribution in [0.2, 0.25) is 0 Å². The number of nitrogens with zero attached hydrogens (tertiary/aromatic N) is 1. The minimum Gasteiger partial charge on any atom is -0.508 e. The van der Waals surface area contributed by atoms with E-state index in [1.54, 1.807) is 38.0 Å². The molecule has 3 aliphatic heterocycles. The number of phenolic OH excluding ortho intramolecular Hbond substituents is 1. The molecule has 7 atom stereocenters. The number of rotatable bonds is 19. The van der Waals surface area contributed by atoms with Crippen LogP contribution in [0.15, 0.2) is 54.6 Å². The van der Waals surface area contributed by atoms with E-state index in [1.807, 2.05) is 48.6 Å². The zero-order chi connectivity index (χ0) is 40.8. The quantitative estimate of drug-likeness (QED) is 0.103. The lowest BCUT2D eigenvalue weighted by Crippen LogP contribution is -2.70. The Bertz CT molecular complexity index is 1710. The highest BCUT2D eigenvalue weighted by molar-refractivity contribution is 5.93. The molecule has 2 bridgehead atoms. The van der Waals surface area contributed by atoms with Gasteiger partial charge in [-0.15, -0.1) is 0 Å². The van der Waals surface area contributed by atoms with Crippen LogP contribution < -0.4 is 5.32 Å². The Kier molecular flexibility index (Phi) is 13.8. The molecule has 2 aromatic rings. The molecule has 0 radical (unpaired) electrons. The summed E-state index contributed by atoms with van der Waals surface area (Å²) < 4.78 is 25.5. The van der Waals surface area contributed by atoms with Crippen molar-refractivity contribution >= 4 is 23.9 Å². The van der Waals surface area contributed by atoms with Gasteiger partial charge in [-0.2, -0.15) is 5.06 Å².